The lowest BCUT2D eigenvalue weighted by Gasteiger charge is -2.25. The Morgan fingerprint density at radius 3 is 2.45 bits per heavy atom. The van der Waals surface area contributed by atoms with Gasteiger partial charge < -0.3 is 11.1 Å². The first-order valence-electron chi connectivity index (χ1n) is 5.81. The van der Waals surface area contributed by atoms with E-state index < -0.39 is 36.2 Å². The summed E-state index contributed by atoms with van der Waals surface area (Å²) in [6, 6.07) is 5.50. The summed E-state index contributed by atoms with van der Waals surface area (Å²) in [4.78, 5) is 11.9. The molecule has 0 saturated heterocycles. The van der Waals surface area contributed by atoms with Crippen LogP contribution in [-0.4, -0.2) is 24.9 Å². The van der Waals surface area contributed by atoms with Gasteiger partial charge in [0.05, 0.1) is 18.5 Å². The van der Waals surface area contributed by atoms with Gasteiger partial charge in [-0.25, -0.2) is 13.2 Å². The van der Waals surface area contributed by atoms with E-state index in [2.05, 4.69) is 5.32 Å². The van der Waals surface area contributed by atoms with Crippen molar-refractivity contribution < 1.29 is 18.0 Å². The van der Waals surface area contributed by atoms with Crippen LogP contribution in [0.3, 0.4) is 0 Å². The number of amides is 1. The van der Waals surface area contributed by atoms with Crippen molar-refractivity contribution in [1.82, 2.24) is 5.32 Å². The summed E-state index contributed by atoms with van der Waals surface area (Å²) < 4.78 is 39.1. The standard InChI is InChI=1S/C13H17F3N2O.ClH/c1-12(2,9-4-3-5-10(14)6-9)11(19)18-8-13(15,16)7-17;/h3-6H,7-8,17H2,1-2H3,(H,18,19);1H. The van der Waals surface area contributed by atoms with Gasteiger partial charge in [0, 0.05) is 0 Å². The monoisotopic (exact) mass is 310 g/mol. The van der Waals surface area contributed by atoms with Crippen LogP contribution in [0.2, 0.25) is 0 Å². The van der Waals surface area contributed by atoms with E-state index in [1.165, 1.54) is 32.0 Å². The highest BCUT2D eigenvalue weighted by Gasteiger charge is 2.33. The van der Waals surface area contributed by atoms with Crippen LogP contribution >= 0.6 is 12.4 Å². The predicted molar refractivity (Wildman–Crippen MR) is 73.7 cm³/mol. The number of carbonyl (C=O) groups excluding carboxylic acids is 1. The number of hydrogen-bond donors (Lipinski definition) is 2. The Morgan fingerprint density at radius 2 is 1.95 bits per heavy atom. The molecule has 3 N–H and O–H groups in total. The lowest BCUT2D eigenvalue weighted by atomic mass is 9.83. The smallest absolute Gasteiger partial charge is 0.277 e. The normalized spacial score (nSPS) is 11.7. The molecule has 0 bridgehead atoms. The molecule has 0 radical (unpaired) electrons. The zero-order valence-corrected chi connectivity index (χ0v) is 12.1. The van der Waals surface area contributed by atoms with Crippen LogP contribution in [-0.2, 0) is 10.2 Å². The average molecular weight is 311 g/mol. The number of alkyl halides is 2. The van der Waals surface area contributed by atoms with Crippen LogP contribution in [0, 0.1) is 5.82 Å². The SMILES string of the molecule is CC(C)(C(=O)NCC(F)(F)CN)c1cccc(F)c1.Cl. The van der Waals surface area contributed by atoms with Crippen molar-refractivity contribution in [3.63, 3.8) is 0 Å². The van der Waals surface area contributed by atoms with Crippen molar-refractivity contribution in [2.75, 3.05) is 13.1 Å². The molecule has 0 aromatic heterocycles. The number of rotatable bonds is 5. The highest BCUT2D eigenvalue weighted by Crippen LogP contribution is 2.24. The molecule has 0 unspecified atom stereocenters. The van der Waals surface area contributed by atoms with Crippen molar-refractivity contribution in [3.8, 4) is 0 Å². The quantitative estimate of drug-likeness (QED) is 0.876. The first-order valence-corrected chi connectivity index (χ1v) is 5.81. The van der Waals surface area contributed by atoms with Crippen molar-refractivity contribution in [3.05, 3.63) is 35.6 Å². The summed E-state index contributed by atoms with van der Waals surface area (Å²) in [7, 11) is 0. The fraction of sp³-hybridized carbons (Fsp3) is 0.462. The number of nitrogens with two attached hydrogens (primary N) is 1. The van der Waals surface area contributed by atoms with E-state index in [-0.39, 0.29) is 12.4 Å². The highest BCUT2D eigenvalue weighted by molar-refractivity contribution is 5.87. The Kier molecular flexibility index (Phi) is 6.50. The molecule has 0 aliphatic carbocycles. The Hall–Kier alpha value is -1.27. The molecule has 0 fully saturated rings. The van der Waals surface area contributed by atoms with Crippen LogP contribution in [0.1, 0.15) is 19.4 Å². The molecule has 1 rings (SSSR count). The summed E-state index contributed by atoms with van der Waals surface area (Å²) in [5.41, 5.74) is 4.19. The molecule has 1 amide bonds. The third kappa shape index (κ3) is 4.68. The van der Waals surface area contributed by atoms with Crippen molar-refractivity contribution in [1.29, 1.82) is 0 Å². The molecule has 1 aromatic rings. The fourth-order valence-corrected chi connectivity index (χ4v) is 1.51. The molecule has 0 aliphatic rings. The van der Waals surface area contributed by atoms with Crippen LogP contribution < -0.4 is 11.1 Å². The third-order valence-electron chi connectivity index (χ3n) is 2.92. The van der Waals surface area contributed by atoms with Gasteiger partial charge in [-0.15, -0.1) is 12.4 Å². The van der Waals surface area contributed by atoms with Gasteiger partial charge in [-0.2, -0.15) is 0 Å². The predicted octanol–water partition coefficient (Wildman–Crippen LogP) is 2.24. The zero-order chi connectivity index (χ0) is 14.7. The summed E-state index contributed by atoms with van der Waals surface area (Å²) in [5, 5.41) is 2.14. The van der Waals surface area contributed by atoms with E-state index in [4.69, 9.17) is 5.73 Å². The molecule has 114 valence electrons. The van der Waals surface area contributed by atoms with Crippen LogP contribution in [0.4, 0.5) is 13.2 Å². The molecule has 0 spiro atoms. The minimum Gasteiger partial charge on any atom is -0.349 e. The maximum absolute atomic E-state index is 13.1. The molecule has 0 saturated carbocycles. The van der Waals surface area contributed by atoms with Gasteiger partial charge in [-0.05, 0) is 31.5 Å². The summed E-state index contributed by atoms with van der Waals surface area (Å²) >= 11 is 0. The number of benzene rings is 1. The average Bonchev–Trinajstić information content (AvgIpc) is 2.36. The lowest BCUT2D eigenvalue weighted by molar-refractivity contribution is -0.127. The summed E-state index contributed by atoms with van der Waals surface area (Å²) in [6.45, 7) is 1.41. The van der Waals surface area contributed by atoms with E-state index in [9.17, 15) is 18.0 Å². The topological polar surface area (TPSA) is 55.1 Å². The van der Waals surface area contributed by atoms with Crippen LogP contribution in [0.15, 0.2) is 24.3 Å². The molecular formula is C13H18ClF3N2O. The molecule has 0 atom stereocenters. The zero-order valence-electron chi connectivity index (χ0n) is 11.3. The number of carbonyl (C=O) groups is 1. The molecular weight excluding hydrogens is 293 g/mol. The Bertz CT molecular complexity index is 467. The second-order valence-electron chi connectivity index (χ2n) is 4.88. The molecule has 0 aliphatic heterocycles. The van der Waals surface area contributed by atoms with Crippen molar-refractivity contribution in [2.45, 2.75) is 25.2 Å². The highest BCUT2D eigenvalue weighted by atomic mass is 35.5. The molecule has 1 aromatic carbocycles. The molecule has 7 heteroatoms. The Morgan fingerprint density at radius 1 is 1.35 bits per heavy atom. The van der Waals surface area contributed by atoms with Gasteiger partial charge in [0.15, 0.2) is 0 Å². The second-order valence-corrected chi connectivity index (χ2v) is 4.88. The molecule has 3 nitrogen and oxygen atoms in total. The van der Waals surface area contributed by atoms with Gasteiger partial charge in [0.1, 0.15) is 5.82 Å². The minimum atomic E-state index is -3.15. The van der Waals surface area contributed by atoms with Crippen molar-refractivity contribution in [2.24, 2.45) is 5.73 Å². The number of nitrogens with one attached hydrogen (secondary N) is 1. The van der Waals surface area contributed by atoms with Crippen molar-refractivity contribution >= 4 is 18.3 Å². The van der Waals surface area contributed by atoms with Gasteiger partial charge >= 0.3 is 0 Å². The van der Waals surface area contributed by atoms with Gasteiger partial charge in [-0.3, -0.25) is 4.79 Å². The summed E-state index contributed by atoms with van der Waals surface area (Å²) in [5.74, 6) is -4.23. The molecule has 20 heavy (non-hydrogen) atoms. The minimum absolute atomic E-state index is 0. The Balaban J connectivity index is 0.00000361. The summed E-state index contributed by atoms with van der Waals surface area (Å²) in [6.07, 6.45) is 0. The van der Waals surface area contributed by atoms with E-state index in [0.717, 1.165) is 0 Å². The number of halogens is 4. The van der Waals surface area contributed by atoms with Gasteiger partial charge in [0.25, 0.3) is 5.92 Å². The largest absolute Gasteiger partial charge is 0.349 e. The van der Waals surface area contributed by atoms with E-state index in [1.54, 1.807) is 6.07 Å². The maximum Gasteiger partial charge on any atom is 0.277 e. The lowest BCUT2D eigenvalue weighted by Crippen LogP contribution is -2.47. The maximum atomic E-state index is 13.1. The third-order valence-corrected chi connectivity index (χ3v) is 2.92. The fourth-order valence-electron chi connectivity index (χ4n) is 1.51. The van der Waals surface area contributed by atoms with Crippen LogP contribution in [0.5, 0.6) is 0 Å². The van der Waals surface area contributed by atoms with Gasteiger partial charge in [-0.1, -0.05) is 12.1 Å². The van der Waals surface area contributed by atoms with Crippen LogP contribution in [0.25, 0.3) is 0 Å². The molecule has 0 heterocycles. The second kappa shape index (κ2) is 6.95. The Labute approximate surface area is 122 Å². The van der Waals surface area contributed by atoms with E-state index in [1.807, 2.05) is 0 Å². The van der Waals surface area contributed by atoms with E-state index in [0.29, 0.717) is 5.56 Å². The first kappa shape index (κ1) is 18.7. The first-order chi connectivity index (χ1) is 8.69. The number of hydrogen-bond acceptors (Lipinski definition) is 2. The van der Waals surface area contributed by atoms with Gasteiger partial charge in [0.2, 0.25) is 5.91 Å². The van der Waals surface area contributed by atoms with E-state index >= 15 is 0 Å².